The Morgan fingerprint density at radius 3 is 2.94 bits per heavy atom. The van der Waals surface area contributed by atoms with E-state index in [1.54, 1.807) is 7.11 Å². The minimum absolute atomic E-state index is 0.446. The topological polar surface area (TPSA) is 50.9 Å². The quantitative estimate of drug-likeness (QED) is 0.859. The summed E-state index contributed by atoms with van der Waals surface area (Å²) in [6.07, 6.45) is 2.60. The molecule has 1 aliphatic heterocycles. The van der Waals surface area contributed by atoms with Gasteiger partial charge in [-0.25, -0.2) is 0 Å². The van der Waals surface area contributed by atoms with E-state index in [9.17, 15) is 0 Å². The van der Waals surface area contributed by atoms with Crippen LogP contribution < -0.4 is 15.4 Å². The smallest absolute Gasteiger partial charge is 0.196 e. The lowest BCUT2D eigenvalue weighted by Gasteiger charge is -2.26. The molecule has 90 valence electrons. The van der Waals surface area contributed by atoms with Crippen LogP contribution in [0.1, 0.15) is 12.8 Å². The van der Waals surface area contributed by atoms with E-state index in [-0.39, 0.29) is 0 Å². The van der Waals surface area contributed by atoms with E-state index in [4.69, 9.17) is 10.5 Å². The van der Waals surface area contributed by atoms with Crippen LogP contribution in [-0.2, 0) is 0 Å². The molecule has 1 aromatic rings. The van der Waals surface area contributed by atoms with Gasteiger partial charge < -0.3 is 15.4 Å². The predicted molar refractivity (Wildman–Crippen MR) is 68.5 cm³/mol. The first-order valence-electron chi connectivity index (χ1n) is 6.03. The molecule has 1 aliphatic carbocycles. The molecular weight excluding hydrogens is 214 g/mol. The van der Waals surface area contributed by atoms with Crippen LogP contribution in [0.15, 0.2) is 29.3 Å². The summed E-state index contributed by atoms with van der Waals surface area (Å²) in [5.74, 6) is 2.25. The molecule has 0 spiro atoms. The molecule has 17 heavy (non-hydrogen) atoms. The highest BCUT2D eigenvalue weighted by atomic mass is 16.5. The molecule has 0 amide bonds. The number of nitrogens with two attached hydrogens (primary N) is 1. The van der Waals surface area contributed by atoms with Crippen LogP contribution in [0, 0.1) is 5.92 Å². The molecule has 2 N–H and O–H groups in total. The van der Waals surface area contributed by atoms with Gasteiger partial charge in [-0.05, 0) is 30.9 Å². The Kier molecular flexibility index (Phi) is 2.42. The van der Waals surface area contributed by atoms with Crippen molar-refractivity contribution in [1.82, 2.24) is 0 Å². The van der Waals surface area contributed by atoms with Gasteiger partial charge >= 0.3 is 0 Å². The second-order valence-corrected chi connectivity index (χ2v) is 4.68. The number of guanidine groups is 1. The largest absolute Gasteiger partial charge is 0.497 e. The van der Waals surface area contributed by atoms with Crippen LogP contribution >= 0.6 is 0 Å². The van der Waals surface area contributed by atoms with Crippen molar-refractivity contribution in [2.75, 3.05) is 18.6 Å². The van der Waals surface area contributed by atoms with Crippen molar-refractivity contribution in [3.8, 4) is 5.75 Å². The van der Waals surface area contributed by atoms with E-state index < -0.39 is 0 Å². The number of hydrogen-bond acceptors (Lipinski definition) is 4. The lowest BCUT2D eigenvalue weighted by molar-refractivity contribution is 0.415. The molecule has 4 nitrogen and oxygen atoms in total. The summed E-state index contributed by atoms with van der Waals surface area (Å²) in [5.41, 5.74) is 7.08. The number of rotatable bonds is 3. The fourth-order valence-corrected chi connectivity index (χ4v) is 2.44. The average Bonchev–Trinajstić information content (AvgIpc) is 3.13. The summed E-state index contributed by atoms with van der Waals surface area (Å²) in [5, 5.41) is 0. The number of hydrogen-bond donors (Lipinski definition) is 1. The second kappa shape index (κ2) is 3.95. The zero-order valence-corrected chi connectivity index (χ0v) is 9.97. The van der Waals surface area contributed by atoms with Crippen LogP contribution in [-0.4, -0.2) is 25.7 Å². The van der Waals surface area contributed by atoms with Gasteiger partial charge in [0.2, 0.25) is 0 Å². The highest BCUT2D eigenvalue weighted by Gasteiger charge is 2.39. The van der Waals surface area contributed by atoms with Gasteiger partial charge in [-0.1, -0.05) is 6.07 Å². The van der Waals surface area contributed by atoms with Gasteiger partial charge in [-0.3, -0.25) is 4.99 Å². The van der Waals surface area contributed by atoms with Crippen LogP contribution in [0.5, 0.6) is 5.75 Å². The lowest BCUT2D eigenvalue weighted by Crippen LogP contribution is -2.42. The number of benzene rings is 1. The molecule has 1 aromatic carbocycles. The van der Waals surface area contributed by atoms with Crippen LogP contribution in [0.25, 0.3) is 0 Å². The summed E-state index contributed by atoms with van der Waals surface area (Å²) in [7, 11) is 1.68. The van der Waals surface area contributed by atoms with Crippen molar-refractivity contribution in [2.24, 2.45) is 16.6 Å². The van der Waals surface area contributed by atoms with Crippen molar-refractivity contribution in [2.45, 2.75) is 18.9 Å². The Balaban J connectivity index is 1.91. The third-order valence-electron chi connectivity index (χ3n) is 3.52. The molecule has 0 aromatic heterocycles. The summed E-state index contributed by atoms with van der Waals surface area (Å²) in [4.78, 5) is 6.52. The first kappa shape index (κ1) is 10.4. The molecule has 1 unspecified atom stereocenters. The predicted octanol–water partition coefficient (Wildman–Crippen LogP) is 1.61. The fourth-order valence-electron chi connectivity index (χ4n) is 2.44. The van der Waals surface area contributed by atoms with Crippen LogP contribution in [0.2, 0.25) is 0 Å². The molecule has 1 saturated carbocycles. The van der Waals surface area contributed by atoms with Gasteiger partial charge in [0.1, 0.15) is 5.75 Å². The Labute approximate surface area is 101 Å². The van der Waals surface area contributed by atoms with Gasteiger partial charge in [0.15, 0.2) is 5.96 Å². The van der Waals surface area contributed by atoms with Crippen molar-refractivity contribution in [3.63, 3.8) is 0 Å². The molecule has 1 heterocycles. The van der Waals surface area contributed by atoms with E-state index in [1.165, 1.54) is 12.8 Å². The maximum absolute atomic E-state index is 5.99. The molecule has 1 fully saturated rings. The Bertz CT molecular complexity index is 454. The second-order valence-electron chi connectivity index (χ2n) is 4.68. The molecular formula is C13H17N3O. The van der Waals surface area contributed by atoms with Gasteiger partial charge in [-0.15, -0.1) is 0 Å². The number of anilines is 1. The van der Waals surface area contributed by atoms with E-state index in [0.29, 0.717) is 12.0 Å². The van der Waals surface area contributed by atoms with E-state index in [0.717, 1.165) is 23.9 Å². The van der Waals surface area contributed by atoms with Gasteiger partial charge in [0.05, 0.1) is 19.7 Å². The number of ether oxygens (including phenoxy) is 1. The fraction of sp³-hybridized carbons (Fsp3) is 0.462. The molecule has 2 aliphatic rings. The van der Waals surface area contributed by atoms with Crippen molar-refractivity contribution in [1.29, 1.82) is 0 Å². The number of nitrogens with zero attached hydrogens (tertiary/aromatic N) is 2. The number of methoxy groups -OCH3 is 1. The molecule has 0 radical (unpaired) electrons. The molecule has 0 saturated heterocycles. The zero-order valence-electron chi connectivity index (χ0n) is 9.97. The maximum Gasteiger partial charge on any atom is 0.196 e. The minimum atomic E-state index is 0.446. The first-order valence-corrected chi connectivity index (χ1v) is 6.03. The summed E-state index contributed by atoms with van der Waals surface area (Å²) >= 11 is 0. The Hall–Kier alpha value is -1.71. The first-order chi connectivity index (χ1) is 8.29. The summed E-state index contributed by atoms with van der Waals surface area (Å²) in [6, 6.07) is 8.46. The van der Waals surface area contributed by atoms with Crippen LogP contribution in [0.4, 0.5) is 5.69 Å². The Morgan fingerprint density at radius 1 is 1.41 bits per heavy atom. The highest BCUT2D eigenvalue weighted by molar-refractivity contribution is 5.97. The third-order valence-corrected chi connectivity index (χ3v) is 3.52. The van der Waals surface area contributed by atoms with Crippen molar-refractivity contribution in [3.05, 3.63) is 24.3 Å². The molecule has 3 rings (SSSR count). The SMILES string of the molecule is COc1cccc(N2C(N)=NCC2C2CC2)c1. The van der Waals surface area contributed by atoms with E-state index in [2.05, 4.69) is 16.0 Å². The van der Waals surface area contributed by atoms with Gasteiger partial charge in [0.25, 0.3) is 0 Å². The minimum Gasteiger partial charge on any atom is -0.497 e. The summed E-state index contributed by atoms with van der Waals surface area (Å²) < 4.78 is 5.25. The van der Waals surface area contributed by atoms with E-state index >= 15 is 0 Å². The molecule has 1 atom stereocenters. The van der Waals surface area contributed by atoms with Crippen molar-refractivity contribution < 1.29 is 4.74 Å². The number of aliphatic imine (C=N–C) groups is 1. The average molecular weight is 231 g/mol. The van der Waals surface area contributed by atoms with Crippen molar-refractivity contribution >= 4 is 11.6 Å². The van der Waals surface area contributed by atoms with Gasteiger partial charge in [0, 0.05) is 11.8 Å². The van der Waals surface area contributed by atoms with E-state index in [1.807, 2.05) is 18.2 Å². The standard InChI is InChI=1S/C13H17N3O/c1-17-11-4-2-3-10(7-11)16-12(9-5-6-9)8-15-13(16)14/h2-4,7,9,12H,5-6,8H2,1H3,(H2,14,15). The maximum atomic E-state index is 5.99. The molecule has 4 heteroatoms. The Morgan fingerprint density at radius 2 is 2.24 bits per heavy atom. The monoisotopic (exact) mass is 231 g/mol. The third kappa shape index (κ3) is 1.84. The highest BCUT2D eigenvalue weighted by Crippen LogP contribution is 2.39. The molecule has 0 bridgehead atoms. The zero-order chi connectivity index (χ0) is 11.8. The van der Waals surface area contributed by atoms with Gasteiger partial charge in [-0.2, -0.15) is 0 Å². The normalized spacial score (nSPS) is 23.7. The lowest BCUT2D eigenvalue weighted by atomic mass is 10.1. The summed E-state index contributed by atoms with van der Waals surface area (Å²) in [6.45, 7) is 0.827. The van der Waals surface area contributed by atoms with Crippen LogP contribution in [0.3, 0.4) is 0 Å².